The van der Waals surface area contributed by atoms with E-state index in [0.717, 1.165) is 11.1 Å². The molecule has 0 radical (unpaired) electrons. The summed E-state index contributed by atoms with van der Waals surface area (Å²) in [5.41, 5.74) is 7.32. The summed E-state index contributed by atoms with van der Waals surface area (Å²) in [4.78, 5) is 28.1. The van der Waals surface area contributed by atoms with Crippen LogP contribution in [0.4, 0.5) is 0 Å². The van der Waals surface area contributed by atoms with Gasteiger partial charge in [0.1, 0.15) is 6.04 Å². The van der Waals surface area contributed by atoms with E-state index in [1.165, 1.54) is 0 Å². The van der Waals surface area contributed by atoms with E-state index in [1.807, 2.05) is 60.7 Å². The molecule has 0 spiro atoms. The van der Waals surface area contributed by atoms with Crippen molar-refractivity contribution in [1.82, 2.24) is 15.5 Å². The van der Waals surface area contributed by atoms with Crippen molar-refractivity contribution in [2.75, 3.05) is 6.54 Å². The van der Waals surface area contributed by atoms with Crippen molar-refractivity contribution in [3.05, 3.63) is 83.6 Å². The molecular formula is C23H25N5O4. The van der Waals surface area contributed by atoms with Crippen LogP contribution in [0.1, 0.15) is 53.4 Å². The van der Waals surface area contributed by atoms with Crippen LogP contribution in [0, 0.1) is 0 Å². The van der Waals surface area contributed by atoms with Gasteiger partial charge < -0.3 is 20.6 Å². The topological polar surface area (TPSA) is 144 Å². The van der Waals surface area contributed by atoms with Gasteiger partial charge in [0.05, 0.1) is 11.8 Å². The van der Waals surface area contributed by atoms with Gasteiger partial charge in [-0.25, -0.2) is 4.79 Å². The Morgan fingerprint density at radius 2 is 1.66 bits per heavy atom. The van der Waals surface area contributed by atoms with Crippen LogP contribution in [0.15, 0.2) is 70.1 Å². The maximum Gasteiger partial charge on any atom is 0.326 e. The summed E-state index contributed by atoms with van der Waals surface area (Å²) in [5, 5.41) is 19.8. The van der Waals surface area contributed by atoms with E-state index in [2.05, 4.69) is 20.5 Å². The summed E-state index contributed by atoms with van der Waals surface area (Å²) >= 11 is 0. The first-order chi connectivity index (χ1) is 15.5. The van der Waals surface area contributed by atoms with E-state index >= 15 is 0 Å². The predicted molar refractivity (Wildman–Crippen MR) is 118 cm³/mol. The van der Waals surface area contributed by atoms with E-state index in [0.29, 0.717) is 18.8 Å². The molecule has 9 nitrogen and oxygen atoms in total. The first-order valence-electron chi connectivity index (χ1n) is 10.2. The van der Waals surface area contributed by atoms with Crippen LogP contribution in [0.2, 0.25) is 0 Å². The van der Waals surface area contributed by atoms with E-state index in [-0.39, 0.29) is 24.1 Å². The molecule has 0 aliphatic rings. The number of carbonyl (C=O) groups is 2. The van der Waals surface area contributed by atoms with Crippen molar-refractivity contribution in [1.29, 1.82) is 0 Å². The van der Waals surface area contributed by atoms with Gasteiger partial charge >= 0.3 is 17.8 Å². The molecular weight excluding hydrogens is 410 g/mol. The molecule has 0 saturated carbocycles. The first kappa shape index (κ1) is 22.7. The second-order valence-corrected chi connectivity index (χ2v) is 7.23. The predicted octanol–water partition coefficient (Wildman–Crippen LogP) is 2.59. The van der Waals surface area contributed by atoms with Crippen LogP contribution in [-0.2, 0) is 4.79 Å². The highest BCUT2D eigenvalue weighted by atomic mass is 16.4. The Balaban J connectivity index is 1.77. The van der Waals surface area contributed by atoms with E-state index in [4.69, 9.17) is 10.2 Å². The van der Waals surface area contributed by atoms with Gasteiger partial charge in [-0.2, -0.15) is 0 Å². The summed E-state index contributed by atoms with van der Waals surface area (Å²) in [6, 6.07) is 18.1. The van der Waals surface area contributed by atoms with Gasteiger partial charge in [0, 0.05) is 6.54 Å². The third kappa shape index (κ3) is 6.00. The molecule has 1 atom stereocenters. The van der Waals surface area contributed by atoms with Gasteiger partial charge in [-0.05, 0) is 30.9 Å². The van der Waals surface area contributed by atoms with Crippen molar-refractivity contribution < 1.29 is 19.1 Å². The minimum atomic E-state index is -1.15. The fourth-order valence-electron chi connectivity index (χ4n) is 3.24. The number of aliphatic imine (C=N–C) groups is 1. The van der Waals surface area contributed by atoms with Crippen LogP contribution in [0.5, 0.6) is 0 Å². The zero-order valence-electron chi connectivity index (χ0n) is 17.6. The third-order valence-electron chi connectivity index (χ3n) is 4.76. The quantitative estimate of drug-likeness (QED) is 0.252. The summed E-state index contributed by atoms with van der Waals surface area (Å²) in [6.45, 7) is 2.03. The first-order valence-corrected chi connectivity index (χ1v) is 10.2. The van der Waals surface area contributed by atoms with E-state index in [1.54, 1.807) is 6.92 Å². The lowest BCUT2D eigenvalue weighted by atomic mass is 9.91. The number of carboxylic acids is 1. The smallest absolute Gasteiger partial charge is 0.326 e. The number of carbonyl (C=O) groups excluding carboxylic acids is 1. The SMILES string of the molecule is CC(N)=NCCCC(NC(=O)c1nnc(C(c2ccccc2)c2ccccc2)o1)C(=O)O. The highest BCUT2D eigenvalue weighted by Crippen LogP contribution is 2.30. The number of aromatic nitrogens is 2. The molecule has 32 heavy (non-hydrogen) atoms. The number of nitrogens with zero attached hydrogens (tertiary/aromatic N) is 3. The second kappa shape index (κ2) is 10.9. The van der Waals surface area contributed by atoms with Gasteiger partial charge in [-0.1, -0.05) is 60.7 Å². The van der Waals surface area contributed by atoms with Gasteiger partial charge in [0.2, 0.25) is 5.89 Å². The molecule has 4 N–H and O–H groups in total. The van der Waals surface area contributed by atoms with Crippen molar-refractivity contribution in [2.24, 2.45) is 10.7 Å². The van der Waals surface area contributed by atoms with Crippen molar-refractivity contribution in [3.8, 4) is 0 Å². The molecule has 1 aromatic heterocycles. The van der Waals surface area contributed by atoms with E-state index in [9.17, 15) is 14.7 Å². The van der Waals surface area contributed by atoms with Crippen molar-refractivity contribution in [2.45, 2.75) is 31.7 Å². The second-order valence-electron chi connectivity index (χ2n) is 7.23. The minimum absolute atomic E-state index is 0.190. The van der Waals surface area contributed by atoms with E-state index < -0.39 is 17.9 Å². The average Bonchev–Trinajstić information content (AvgIpc) is 3.27. The van der Waals surface area contributed by atoms with Gasteiger partial charge in [0.15, 0.2) is 0 Å². The van der Waals surface area contributed by atoms with Crippen molar-refractivity contribution >= 4 is 17.7 Å². The summed E-state index contributed by atoms with van der Waals surface area (Å²) in [5.74, 6) is -1.89. The Morgan fingerprint density at radius 1 is 1.06 bits per heavy atom. The largest absolute Gasteiger partial charge is 0.480 e. The van der Waals surface area contributed by atoms with Gasteiger partial charge in [-0.15, -0.1) is 10.2 Å². The van der Waals surface area contributed by atoms with Gasteiger partial charge in [-0.3, -0.25) is 9.79 Å². The molecule has 1 heterocycles. The molecule has 3 rings (SSSR count). The molecule has 0 saturated heterocycles. The summed E-state index contributed by atoms with van der Waals surface area (Å²) in [7, 11) is 0. The van der Waals surface area contributed by atoms with Gasteiger partial charge in [0.25, 0.3) is 0 Å². The number of carboxylic acid groups (broad SMARTS) is 1. The van der Waals surface area contributed by atoms with Crippen LogP contribution < -0.4 is 11.1 Å². The van der Waals surface area contributed by atoms with Crippen LogP contribution >= 0.6 is 0 Å². The highest BCUT2D eigenvalue weighted by molar-refractivity contribution is 5.92. The molecule has 0 aliphatic heterocycles. The van der Waals surface area contributed by atoms with Crippen molar-refractivity contribution in [3.63, 3.8) is 0 Å². The number of amides is 1. The number of rotatable bonds is 10. The maximum absolute atomic E-state index is 12.6. The molecule has 0 bridgehead atoms. The Bertz CT molecular complexity index is 1020. The normalized spacial score (nSPS) is 12.5. The third-order valence-corrected chi connectivity index (χ3v) is 4.76. The zero-order chi connectivity index (χ0) is 22.9. The van der Waals surface area contributed by atoms with Crippen LogP contribution in [0.3, 0.4) is 0 Å². The lowest BCUT2D eigenvalue weighted by Gasteiger charge is -2.14. The number of aliphatic carboxylic acids is 1. The number of amidine groups is 1. The number of hydrogen-bond acceptors (Lipinski definition) is 6. The number of benzene rings is 2. The molecule has 1 unspecified atom stereocenters. The van der Waals surface area contributed by atoms with Crippen LogP contribution in [0.25, 0.3) is 0 Å². The Kier molecular flexibility index (Phi) is 7.69. The number of nitrogens with two attached hydrogens (primary N) is 1. The lowest BCUT2D eigenvalue weighted by Crippen LogP contribution is -2.41. The molecule has 166 valence electrons. The molecule has 2 aromatic carbocycles. The number of nitrogens with one attached hydrogen (secondary N) is 1. The summed E-state index contributed by atoms with van der Waals surface area (Å²) < 4.78 is 5.69. The molecule has 9 heteroatoms. The Hall–Kier alpha value is -4.01. The minimum Gasteiger partial charge on any atom is -0.480 e. The fourth-order valence-corrected chi connectivity index (χ4v) is 3.24. The molecule has 3 aromatic rings. The summed E-state index contributed by atoms with van der Waals surface area (Å²) in [6.07, 6.45) is 0.639. The molecule has 0 fully saturated rings. The maximum atomic E-state index is 12.6. The standard InChI is InChI=1S/C23H25N5O4/c1-15(24)25-14-8-13-18(23(30)31)26-20(29)22-28-27-21(32-22)19(16-9-4-2-5-10-16)17-11-6-3-7-12-17/h2-7,9-12,18-19H,8,13-14H2,1H3,(H2,24,25)(H,26,29)(H,30,31). The average molecular weight is 435 g/mol. The fraction of sp³-hybridized carbons (Fsp3) is 0.261. The zero-order valence-corrected chi connectivity index (χ0v) is 17.6. The highest BCUT2D eigenvalue weighted by Gasteiger charge is 2.27. The monoisotopic (exact) mass is 435 g/mol. The lowest BCUT2D eigenvalue weighted by molar-refractivity contribution is -0.139. The molecule has 1 amide bonds. The van der Waals surface area contributed by atoms with Crippen LogP contribution in [-0.4, -0.2) is 45.6 Å². The molecule has 0 aliphatic carbocycles. The Morgan fingerprint density at radius 3 is 2.19 bits per heavy atom. The Labute approximate surface area is 185 Å². The number of hydrogen-bond donors (Lipinski definition) is 3.